The summed E-state index contributed by atoms with van der Waals surface area (Å²) in [6.07, 6.45) is 0. The number of carboxylic acids is 1. The van der Waals surface area contributed by atoms with Gasteiger partial charge >= 0.3 is 5.97 Å². The van der Waals surface area contributed by atoms with E-state index in [1.165, 1.54) is 12.1 Å². The Morgan fingerprint density at radius 2 is 2.12 bits per heavy atom. The molecule has 0 aliphatic heterocycles. The highest BCUT2D eigenvalue weighted by atomic mass is 35.5. The number of rotatable bonds is 5. The van der Waals surface area contributed by atoms with Gasteiger partial charge in [0.25, 0.3) is 0 Å². The van der Waals surface area contributed by atoms with Crippen LogP contribution >= 0.6 is 11.6 Å². The minimum absolute atomic E-state index is 0.0820. The van der Waals surface area contributed by atoms with Crippen molar-refractivity contribution in [3.05, 3.63) is 29.0 Å². The Bertz CT molecular complexity index is 438. The molecular formula is C10H9ClFNO4. The molecule has 0 unspecified atom stereocenters. The molecule has 0 bridgehead atoms. The number of hydrogen-bond donors (Lipinski definition) is 2. The fourth-order valence-electron chi connectivity index (χ4n) is 1.01. The van der Waals surface area contributed by atoms with Gasteiger partial charge in [-0.05, 0) is 18.2 Å². The zero-order valence-corrected chi connectivity index (χ0v) is 9.33. The van der Waals surface area contributed by atoms with E-state index in [1.54, 1.807) is 0 Å². The number of amides is 1. The molecule has 0 fully saturated rings. The van der Waals surface area contributed by atoms with Crippen LogP contribution in [0.5, 0.6) is 0 Å². The second-order valence-corrected chi connectivity index (χ2v) is 3.50. The molecule has 7 heteroatoms. The summed E-state index contributed by atoms with van der Waals surface area (Å²) < 4.78 is 17.7. The molecule has 0 saturated carbocycles. The Morgan fingerprint density at radius 3 is 2.76 bits per heavy atom. The molecular weight excluding hydrogens is 253 g/mol. The summed E-state index contributed by atoms with van der Waals surface area (Å²) in [7, 11) is 0. The summed E-state index contributed by atoms with van der Waals surface area (Å²) in [6.45, 7) is -1.07. The average Bonchev–Trinajstić information content (AvgIpc) is 2.23. The number of anilines is 1. The van der Waals surface area contributed by atoms with Gasteiger partial charge in [0.2, 0.25) is 5.91 Å². The highest BCUT2D eigenvalue weighted by molar-refractivity contribution is 6.30. The van der Waals surface area contributed by atoms with Crippen molar-refractivity contribution in [2.24, 2.45) is 0 Å². The van der Waals surface area contributed by atoms with Crippen molar-refractivity contribution >= 4 is 29.2 Å². The zero-order chi connectivity index (χ0) is 12.8. The standard InChI is InChI=1S/C10H9ClFNO4/c11-6-1-2-7(12)8(3-6)13-9(14)4-17-5-10(15)16/h1-3H,4-5H2,(H,13,14)(H,15,16). The third-order valence-electron chi connectivity index (χ3n) is 1.66. The van der Waals surface area contributed by atoms with Crippen LogP contribution in [0, 0.1) is 5.82 Å². The summed E-state index contributed by atoms with van der Waals surface area (Å²) >= 11 is 5.62. The number of nitrogens with one attached hydrogen (secondary N) is 1. The van der Waals surface area contributed by atoms with E-state index in [4.69, 9.17) is 16.7 Å². The van der Waals surface area contributed by atoms with Crippen LogP contribution in [0.15, 0.2) is 18.2 Å². The van der Waals surface area contributed by atoms with Crippen molar-refractivity contribution in [1.82, 2.24) is 0 Å². The minimum Gasteiger partial charge on any atom is -0.480 e. The predicted molar refractivity (Wildman–Crippen MR) is 58.5 cm³/mol. The van der Waals surface area contributed by atoms with Gasteiger partial charge in [-0.1, -0.05) is 11.6 Å². The molecule has 92 valence electrons. The normalized spacial score (nSPS) is 10.0. The summed E-state index contributed by atoms with van der Waals surface area (Å²) in [4.78, 5) is 21.3. The van der Waals surface area contributed by atoms with E-state index in [0.717, 1.165) is 6.07 Å². The molecule has 0 radical (unpaired) electrons. The maximum absolute atomic E-state index is 13.2. The maximum Gasteiger partial charge on any atom is 0.329 e. The number of benzene rings is 1. The summed E-state index contributed by atoms with van der Waals surface area (Å²) in [5, 5.41) is 10.7. The van der Waals surface area contributed by atoms with E-state index >= 15 is 0 Å². The van der Waals surface area contributed by atoms with E-state index in [9.17, 15) is 14.0 Å². The van der Waals surface area contributed by atoms with E-state index in [-0.39, 0.29) is 10.7 Å². The number of ether oxygens (including phenoxy) is 1. The number of halogens is 2. The lowest BCUT2D eigenvalue weighted by Gasteiger charge is -2.06. The van der Waals surface area contributed by atoms with Crippen molar-refractivity contribution in [3.8, 4) is 0 Å². The predicted octanol–water partition coefficient (Wildman–Crippen LogP) is 1.52. The van der Waals surface area contributed by atoms with Gasteiger partial charge in [-0.3, -0.25) is 4.79 Å². The van der Waals surface area contributed by atoms with Crippen LogP contribution in [-0.2, 0) is 14.3 Å². The first-order valence-corrected chi connectivity index (χ1v) is 4.91. The Labute approximate surface area is 101 Å². The SMILES string of the molecule is O=C(O)COCC(=O)Nc1cc(Cl)ccc1F. The average molecular weight is 262 g/mol. The molecule has 0 atom stereocenters. The number of aliphatic carboxylic acids is 1. The highest BCUT2D eigenvalue weighted by Gasteiger charge is 2.08. The fraction of sp³-hybridized carbons (Fsp3) is 0.200. The van der Waals surface area contributed by atoms with Gasteiger partial charge in [0.15, 0.2) is 0 Å². The smallest absolute Gasteiger partial charge is 0.329 e. The van der Waals surface area contributed by atoms with Crippen molar-refractivity contribution in [2.45, 2.75) is 0 Å². The fourth-order valence-corrected chi connectivity index (χ4v) is 1.18. The molecule has 0 aromatic heterocycles. The molecule has 1 aromatic carbocycles. The van der Waals surface area contributed by atoms with Gasteiger partial charge in [-0.15, -0.1) is 0 Å². The van der Waals surface area contributed by atoms with E-state index in [2.05, 4.69) is 10.1 Å². The van der Waals surface area contributed by atoms with E-state index in [1.807, 2.05) is 0 Å². The molecule has 1 aromatic rings. The highest BCUT2D eigenvalue weighted by Crippen LogP contribution is 2.19. The van der Waals surface area contributed by atoms with Gasteiger partial charge in [-0.25, -0.2) is 9.18 Å². The Hall–Kier alpha value is -1.66. The molecule has 0 spiro atoms. The molecule has 17 heavy (non-hydrogen) atoms. The zero-order valence-electron chi connectivity index (χ0n) is 8.57. The number of carboxylic acid groups (broad SMARTS) is 1. The van der Waals surface area contributed by atoms with Gasteiger partial charge in [-0.2, -0.15) is 0 Å². The van der Waals surface area contributed by atoms with Crippen molar-refractivity contribution in [3.63, 3.8) is 0 Å². The van der Waals surface area contributed by atoms with Gasteiger partial charge in [0.1, 0.15) is 19.0 Å². The van der Waals surface area contributed by atoms with Gasteiger partial charge < -0.3 is 15.2 Å². The van der Waals surface area contributed by atoms with E-state index < -0.39 is 30.9 Å². The third-order valence-corrected chi connectivity index (χ3v) is 1.90. The second kappa shape index (κ2) is 6.17. The molecule has 0 aliphatic carbocycles. The summed E-state index contributed by atoms with van der Waals surface area (Å²) in [5.41, 5.74) is -0.0820. The van der Waals surface area contributed by atoms with Crippen LogP contribution in [0.1, 0.15) is 0 Å². The van der Waals surface area contributed by atoms with Crippen LogP contribution < -0.4 is 5.32 Å². The van der Waals surface area contributed by atoms with Crippen LogP contribution in [0.4, 0.5) is 10.1 Å². The number of carbonyl (C=O) groups is 2. The van der Waals surface area contributed by atoms with Gasteiger partial charge in [0, 0.05) is 5.02 Å². The molecule has 0 saturated heterocycles. The lowest BCUT2D eigenvalue weighted by Crippen LogP contribution is -2.21. The van der Waals surface area contributed by atoms with Crippen LogP contribution in [0.25, 0.3) is 0 Å². The van der Waals surface area contributed by atoms with Crippen molar-refractivity contribution in [2.75, 3.05) is 18.5 Å². The Morgan fingerprint density at radius 1 is 1.41 bits per heavy atom. The molecule has 1 amide bonds. The first-order chi connectivity index (χ1) is 7.99. The minimum atomic E-state index is -1.19. The molecule has 0 aliphatic rings. The lowest BCUT2D eigenvalue weighted by atomic mass is 10.3. The number of hydrogen-bond acceptors (Lipinski definition) is 3. The number of carbonyl (C=O) groups excluding carboxylic acids is 1. The van der Waals surface area contributed by atoms with Crippen LogP contribution in [-0.4, -0.2) is 30.2 Å². The quantitative estimate of drug-likeness (QED) is 0.843. The molecule has 1 rings (SSSR count). The summed E-state index contributed by atoms with van der Waals surface area (Å²) in [6, 6.07) is 3.69. The van der Waals surface area contributed by atoms with Crippen LogP contribution in [0.3, 0.4) is 0 Å². The third kappa shape index (κ3) is 4.80. The Kier molecular flexibility index (Phi) is 4.86. The first kappa shape index (κ1) is 13.4. The molecule has 0 heterocycles. The van der Waals surface area contributed by atoms with Crippen molar-refractivity contribution < 1.29 is 23.8 Å². The second-order valence-electron chi connectivity index (χ2n) is 3.06. The monoisotopic (exact) mass is 261 g/mol. The topological polar surface area (TPSA) is 75.6 Å². The maximum atomic E-state index is 13.2. The molecule has 5 nitrogen and oxygen atoms in total. The largest absolute Gasteiger partial charge is 0.480 e. The van der Waals surface area contributed by atoms with E-state index in [0.29, 0.717) is 0 Å². The van der Waals surface area contributed by atoms with Crippen molar-refractivity contribution in [1.29, 1.82) is 0 Å². The van der Waals surface area contributed by atoms with Crippen LogP contribution in [0.2, 0.25) is 5.02 Å². The summed E-state index contributed by atoms with van der Waals surface area (Å²) in [5.74, 6) is -2.49. The van der Waals surface area contributed by atoms with Gasteiger partial charge in [0.05, 0.1) is 5.69 Å². The lowest BCUT2D eigenvalue weighted by molar-refractivity contribution is -0.143. The first-order valence-electron chi connectivity index (χ1n) is 4.53. The Balaban J connectivity index is 2.50. The molecule has 2 N–H and O–H groups in total.